The summed E-state index contributed by atoms with van der Waals surface area (Å²) in [5, 5.41) is 7.43. The normalized spacial score (nSPS) is 38.1. The Balaban J connectivity index is 1.37. The minimum Gasteiger partial charge on any atom is -0.351 e. The van der Waals surface area contributed by atoms with Crippen LogP contribution in [0.1, 0.15) is 44.9 Å². The van der Waals surface area contributed by atoms with E-state index in [1.165, 1.54) is 44.9 Å². The molecule has 0 saturated heterocycles. The Hall–Kier alpha value is -1.39. The van der Waals surface area contributed by atoms with Gasteiger partial charge in [0.05, 0.1) is 6.54 Å². The van der Waals surface area contributed by atoms with Gasteiger partial charge in [0.25, 0.3) is 0 Å². The Labute approximate surface area is 119 Å². The zero-order valence-electron chi connectivity index (χ0n) is 11.8. The van der Waals surface area contributed by atoms with Crippen molar-refractivity contribution in [1.82, 2.24) is 20.1 Å². The van der Waals surface area contributed by atoms with E-state index < -0.39 is 0 Å². The van der Waals surface area contributed by atoms with Gasteiger partial charge >= 0.3 is 0 Å². The Morgan fingerprint density at radius 1 is 1.20 bits per heavy atom. The van der Waals surface area contributed by atoms with Crippen molar-refractivity contribution in [2.24, 2.45) is 17.8 Å². The monoisotopic (exact) mass is 274 g/mol. The largest absolute Gasteiger partial charge is 0.351 e. The summed E-state index contributed by atoms with van der Waals surface area (Å²) in [5.74, 6) is 2.80. The minimum atomic E-state index is 0.133. The molecule has 0 spiro atoms. The van der Waals surface area contributed by atoms with Gasteiger partial charge in [-0.1, -0.05) is 0 Å². The van der Waals surface area contributed by atoms with Crippen molar-refractivity contribution in [3.05, 3.63) is 12.7 Å². The van der Waals surface area contributed by atoms with Gasteiger partial charge in [-0.3, -0.25) is 9.48 Å². The number of carbonyl (C=O) groups is 1. The van der Waals surface area contributed by atoms with Crippen LogP contribution in [0, 0.1) is 17.8 Å². The molecule has 1 aromatic heterocycles. The maximum Gasteiger partial charge on any atom is 0.222 e. The summed E-state index contributed by atoms with van der Waals surface area (Å²) in [6.07, 6.45) is 11.6. The van der Waals surface area contributed by atoms with Crippen molar-refractivity contribution in [2.45, 2.75) is 57.0 Å². The fraction of sp³-hybridized carbons (Fsp3) is 0.800. The van der Waals surface area contributed by atoms with Crippen molar-refractivity contribution < 1.29 is 4.79 Å². The van der Waals surface area contributed by atoms with E-state index in [1.807, 2.05) is 0 Å². The van der Waals surface area contributed by atoms with Crippen molar-refractivity contribution in [3.63, 3.8) is 0 Å². The van der Waals surface area contributed by atoms with Crippen LogP contribution in [0.4, 0.5) is 0 Å². The summed E-state index contributed by atoms with van der Waals surface area (Å²) >= 11 is 0. The molecule has 1 heterocycles. The second kappa shape index (κ2) is 4.57. The zero-order valence-corrected chi connectivity index (χ0v) is 11.8. The third kappa shape index (κ3) is 2.23. The molecule has 1 aromatic rings. The van der Waals surface area contributed by atoms with Gasteiger partial charge in [0, 0.05) is 12.0 Å². The van der Waals surface area contributed by atoms with E-state index in [0.29, 0.717) is 13.0 Å². The van der Waals surface area contributed by atoms with Crippen molar-refractivity contribution in [2.75, 3.05) is 0 Å². The van der Waals surface area contributed by atoms with E-state index in [2.05, 4.69) is 15.4 Å². The van der Waals surface area contributed by atoms with Crippen molar-refractivity contribution in [1.29, 1.82) is 0 Å². The number of amides is 1. The molecule has 20 heavy (non-hydrogen) atoms. The van der Waals surface area contributed by atoms with Crippen molar-refractivity contribution >= 4 is 5.91 Å². The van der Waals surface area contributed by atoms with E-state index in [0.717, 1.165) is 17.8 Å². The first-order valence-corrected chi connectivity index (χ1v) is 7.84. The summed E-state index contributed by atoms with van der Waals surface area (Å²) in [6.45, 7) is 0.623. The second-order valence-electron chi connectivity index (χ2n) is 7.15. The quantitative estimate of drug-likeness (QED) is 0.910. The van der Waals surface area contributed by atoms with E-state index in [4.69, 9.17) is 0 Å². The lowest BCUT2D eigenvalue weighted by Gasteiger charge is -2.56. The average molecular weight is 274 g/mol. The van der Waals surface area contributed by atoms with Gasteiger partial charge in [0.15, 0.2) is 0 Å². The molecule has 4 bridgehead atoms. The van der Waals surface area contributed by atoms with E-state index in [9.17, 15) is 4.79 Å². The molecule has 4 aliphatic carbocycles. The first-order chi connectivity index (χ1) is 9.71. The van der Waals surface area contributed by atoms with E-state index >= 15 is 0 Å². The molecule has 1 N–H and O–H groups in total. The molecule has 4 saturated carbocycles. The highest BCUT2D eigenvalue weighted by Gasteiger charge is 2.51. The van der Waals surface area contributed by atoms with Crippen LogP contribution in [0.3, 0.4) is 0 Å². The van der Waals surface area contributed by atoms with Crippen LogP contribution in [-0.4, -0.2) is 26.2 Å². The number of aromatic nitrogens is 3. The Bertz CT molecular complexity index is 461. The molecule has 0 radical (unpaired) electrons. The van der Waals surface area contributed by atoms with Crippen LogP contribution in [0.15, 0.2) is 12.7 Å². The predicted octanol–water partition coefficient (Wildman–Crippen LogP) is 1.75. The summed E-state index contributed by atoms with van der Waals surface area (Å²) in [6, 6.07) is 0. The molecule has 4 fully saturated rings. The lowest BCUT2D eigenvalue weighted by Crippen LogP contribution is -2.59. The average Bonchev–Trinajstić information content (AvgIpc) is 2.87. The SMILES string of the molecule is O=C(CCn1cncn1)NC12CC3CC(CC(C3)C1)C2. The maximum atomic E-state index is 12.3. The van der Waals surface area contributed by atoms with Gasteiger partial charge in [-0.05, 0) is 56.3 Å². The molecule has 1 amide bonds. The summed E-state index contributed by atoms with van der Waals surface area (Å²) in [5.41, 5.74) is 0.133. The first-order valence-electron chi connectivity index (χ1n) is 7.84. The molecular formula is C15H22N4O. The second-order valence-corrected chi connectivity index (χ2v) is 7.15. The molecule has 4 aliphatic rings. The van der Waals surface area contributed by atoms with Gasteiger partial charge in [-0.2, -0.15) is 5.10 Å². The number of hydrogen-bond donors (Lipinski definition) is 1. The van der Waals surface area contributed by atoms with Crippen LogP contribution in [0.5, 0.6) is 0 Å². The minimum absolute atomic E-state index is 0.133. The van der Waals surface area contributed by atoms with Gasteiger partial charge in [0.1, 0.15) is 12.7 Å². The fourth-order valence-corrected chi connectivity index (χ4v) is 5.19. The predicted molar refractivity (Wildman–Crippen MR) is 73.7 cm³/mol. The molecule has 5 rings (SSSR count). The highest BCUT2D eigenvalue weighted by Crippen LogP contribution is 2.55. The number of hydrogen-bond acceptors (Lipinski definition) is 3. The first kappa shape index (κ1) is 12.4. The standard InChI is InChI=1S/C15H22N4O/c20-14(1-2-19-10-16-9-17-19)18-15-6-11-3-12(7-15)5-13(4-11)8-15/h9-13H,1-8H2,(H,18,20). The fourth-order valence-electron chi connectivity index (χ4n) is 5.19. The molecule has 5 heteroatoms. The Morgan fingerprint density at radius 3 is 2.40 bits per heavy atom. The maximum absolute atomic E-state index is 12.3. The van der Waals surface area contributed by atoms with Gasteiger partial charge < -0.3 is 5.32 Å². The zero-order chi connectivity index (χ0) is 13.6. The summed E-state index contributed by atoms with van der Waals surface area (Å²) in [4.78, 5) is 16.2. The molecule has 0 atom stereocenters. The van der Waals surface area contributed by atoms with E-state index in [-0.39, 0.29) is 11.4 Å². The van der Waals surface area contributed by atoms with Crippen LogP contribution >= 0.6 is 0 Å². The van der Waals surface area contributed by atoms with Crippen molar-refractivity contribution in [3.8, 4) is 0 Å². The third-order valence-electron chi connectivity index (χ3n) is 5.48. The number of nitrogens with zero attached hydrogens (tertiary/aromatic N) is 3. The van der Waals surface area contributed by atoms with Crippen LogP contribution < -0.4 is 5.32 Å². The van der Waals surface area contributed by atoms with Crippen LogP contribution in [0.2, 0.25) is 0 Å². The lowest BCUT2D eigenvalue weighted by atomic mass is 9.53. The Kier molecular flexibility index (Phi) is 2.82. The smallest absolute Gasteiger partial charge is 0.222 e. The van der Waals surface area contributed by atoms with Crippen LogP contribution in [-0.2, 0) is 11.3 Å². The highest BCUT2D eigenvalue weighted by atomic mass is 16.1. The number of rotatable bonds is 4. The Morgan fingerprint density at radius 2 is 1.85 bits per heavy atom. The number of aryl methyl sites for hydroxylation is 1. The summed E-state index contributed by atoms with van der Waals surface area (Å²) < 4.78 is 1.72. The van der Waals surface area contributed by atoms with Gasteiger partial charge in [-0.25, -0.2) is 4.98 Å². The highest BCUT2D eigenvalue weighted by molar-refractivity contribution is 5.76. The van der Waals surface area contributed by atoms with Gasteiger partial charge in [0.2, 0.25) is 5.91 Å². The lowest BCUT2D eigenvalue weighted by molar-refractivity contribution is -0.127. The molecule has 0 aliphatic heterocycles. The molecule has 0 aromatic carbocycles. The molecule has 5 nitrogen and oxygen atoms in total. The van der Waals surface area contributed by atoms with Crippen LogP contribution in [0.25, 0.3) is 0 Å². The molecule has 0 unspecified atom stereocenters. The van der Waals surface area contributed by atoms with E-state index in [1.54, 1.807) is 11.0 Å². The van der Waals surface area contributed by atoms with Gasteiger partial charge in [-0.15, -0.1) is 0 Å². The summed E-state index contributed by atoms with van der Waals surface area (Å²) in [7, 11) is 0. The number of nitrogens with one attached hydrogen (secondary N) is 1. The number of carbonyl (C=O) groups excluding carboxylic acids is 1. The molecule has 108 valence electrons. The molecular weight excluding hydrogens is 252 g/mol. The third-order valence-corrected chi connectivity index (χ3v) is 5.48. The topological polar surface area (TPSA) is 59.8 Å².